The lowest BCUT2D eigenvalue weighted by Crippen LogP contribution is -2.10. The van der Waals surface area contributed by atoms with Crippen molar-refractivity contribution >= 4 is 60.5 Å². The van der Waals surface area contributed by atoms with Gasteiger partial charge in [0.2, 0.25) is 0 Å². The second-order valence-corrected chi connectivity index (χ2v) is 13.2. The van der Waals surface area contributed by atoms with Gasteiger partial charge >= 0.3 is 0 Å². The highest BCUT2D eigenvalue weighted by Crippen LogP contribution is 2.46. The average Bonchev–Trinajstić information content (AvgIpc) is 3.61. The van der Waals surface area contributed by atoms with Crippen LogP contribution in [0.2, 0.25) is 0 Å². The number of furan rings is 1. The summed E-state index contributed by atoms with van der Waals surface area (Å²) in [5.41, 5.74) is 12.1. The van der Waals surface area contributed by atoms with Crippen LogP contribution < -0.4 is 4.90 Å². The molecule has 0 aliphatic rings. The van der Waals surface area contributed by atoms with E-state index in [9.17, 15) is 0 Å². The van der Waals surface area contributed by atoms with Crippen LogP contribution in [-0.4, -0.2) is 0 Å². The third kappa shape index (κ3) is 4.88. The molecule has 9 aromatic carbocycles. The fourth-order valence-corrected chi connectivity index (χ4v) is 7.94. The zero-order chi connectivity index (χ0) is 34.4. The van der Waals surface area contributed by atoms with Gasteiger partial charge < -0.3 is 9.32 Å². The van der Waals surface area contributed by atoms with Crippen molar-refractivity contribution in [3.63, 3.8) is 0 Å². The first-order valence-electron chi connectivity index (χ1n) is 17.8. The zero-order valence-electron chi connectivity index (χ0n) is 28.4. The highest BCUT2D eigenvalue weighted by Gasteiger charge is 2.20. The maximum atomic E-state index is 6.85. The molecule has 0 N–H and O–H groups in total. The fourth-order valence-electron chi connectivity index (χ4n) is 7.94. The van der Waals surface area contributed by atoms with Crippen LogP contribution in [0.25, 0.3) is 76.9 Å². The molecule has 244 valence electrons. The molecular formula is C50H33NO. The summed E-state index contributed by atoms with van der Waals surface area (Å²) in [7, 11) is 0. The molecule has 0 unspecified atom stereocenters. The lowest BCUT2D eigenvalue weighted by molar-refractivity contribution is 0.671. The summed E-state index contributed by atoms with van der Waals surface area (Å²) in [4.78, 5) is 2.35. The molecule has 1 aromatic heterocycles. The van der Waals surface area contributed by atoms with Gasteiger partial charge in [0.25, 0.3) is 0 Å². The van der Waals surface area contributed by atoms with Crippen LogP contribution in [0.4, 0.5) is 17.1 Å². The molecule has 2 nitrogen and oxygen atoms in total. The number of nitrogens with zero attached hydrogens (tertiary/aromatic N) is 1. The van der Waals surface area contributed by atoms with Gasteiger partial charge in [-0.05, 0) is 68.7 Å². The molecule has 0 fully saturated rings. The molecule has 0 aliphatic heterocycles. The van der Waals surface area contributed by atoms with Gasteiger partial charge in [0.05, 0.1) is 5.69 Å². The number of hydrogen-bond donors (Lipinski definition) is 0. The fraction of sp³-hybridized carbons (Fsp3) is 0. The second-order valence-electron chi connectivity index (χ2n) is 13.2. The Balaban J connectivity index is 1.16. The Kier molecular flexibility index (Phi) is 7.18. The Morgan fingerprint density at radius 3 is 1.25 bits per heavy atom. The minimum Gasteiger partial charge on any atom is -0.455 e. The summed E-state index contributed by atoms with van der Waals surface area (Å²) in [6, 6.07) is 71.4. The molecule has 0 radical (unpaired) electrons. The predicted molar refractivity (Wildman–Crippen MR) is 220 cm³/mol. The summed E-state index contributed by atoms with van der Waals surface area (Å²) in [6.07, 6.45) is 0. The minimum atomic E-state index is 0.913. The quantitative estimate of drug-likeness (QED) is 0.176. The van der Waals surface area contributed by atoms with Crippen LogP contribution >= 0.6 is 0 Å². The van der Waals surface area contributed by atoms with Crippen molar-refractivity contribution in [3.8, 4) is 33.4 Å². The maximum absolute atomic E-state index is 6.85. The van der Waals surface area contributed by atoms with E-state index in [1.165, 1.54) is 32.7 Å². The van der Waals surface area contributed by atoms with Crippen LogP contribution in [0.1, 0.15) is 0 Å². The van der Waals surface area contributed by atoms with Crippen molar-refractivity contribution in [2.24, 2.45) is 0 Å². The third-order valence-electron chi connectivity index (χ3n) is 10.3. The molecular weight excluding hydrogens is 631 g/mol. The summed E-state index contributed by atoms with van der Waals surface area (Å²) in [6.45, 7) is 0. The first kappa shape index (κ1) is 30.0. The van der Waals surface area contributed by atoms with Crippen molar-refractivity contribution in [1.82, 2.24) is 0 Å². The van der Waals surface area contributed by atoms with Gasteiger partial charge in [0.1, 0.15) is 11.2 Å². The van der Waals surface area contributed by atoms with E-state index in [1.807, 2.05) is 0 Å². The smallest absolute Gasteiger partial charge is 0.143 e. The number of fused-ring (bicyclic) bond motifs is 5. The van der Waals surface area contributed by atoms with Crippen LogP contribution in [0, 0.1) is 0 Å². The largest absolute Gasteiger partial charge is 0.455 e. The van der Waals surface area contributed by atoms with Gasteiger partial charge in [0.15, 0.2) is 0 Å². The molecule has 1 heterocycles. The van der Waals surface area contributed by atoms with Gasteiger partial charge in [-0.3, -0.25) is 0 Å². The highest BCUT2D eigenvalue weighted by molar-refractivity contribution is 6.17. The van der Waals surface area contributed by atoms with E-state index in [2.05, 4.69) is 205 Å². The molecule has 0 bridgehead atoms. The SMILES string of the molecule is c1ccc(-c2cccc3c2oc2c(-c4ccc(-c5ccc(N(c6ccccc6)c6ccccc6)c6ccccc56)c5ccccc45)cccc23)cc1. The Hall–Kier alpha value is -6.90. The monoisotopic (exact) mass is 663 g/mol. The first-order chi connectivity index (χ1) is 25.8. The van der Waals surface area contributed by atoms with E-state index in [1.54, 1.807) is 0 Å². The van der Waals surface area contributed by atoms with Gasteiger partial charge in [-0.2, -0.15) is 0 Å². The van der Waals surface area contributed by atoms with Gasteiger partial charge in [-0.1, -0.05) is 170 Å². The summed E-state index contributed by atoms with van der Waals surface area (Å²) >= 11 is 0. The van der Waals surface area contributed by atoms with E-state index in [0.717, 1.165) is 61.3 Å². The second kappa shape index (κ2) is 12.5. The lowest BCUT2D eigenvalue weighted by atomic mass is 9.89. The van der Waals surface area contributed by atoms with Crippen molar-refractivity contribution in [1.29, 1.82) is 0 Å². The van der Waals surface area contributed by atoms with Crippen LogP contribution in [0.3, 0.4) is 0 Å². The van der Waals surface area contributed by atoms with Crippen molar-refractivity contribution in [3.05, 3.63) is 200 Å². The van der Waals surface area contributed by atoms with E-state index >= 15 is 0 Å². The molecule has 52 heavy (non-hydrogen) atoms. The standard InChI is InChI=1S/C50H33NO/c1-4-16-34(17-5-1)37-26-14-28-46-47-29-15-27-45(50(47)52-49(37)46)43-31-30-41(38-22-10-11-23-39(38)43)42-32-33-48(44-25-13-12-24-40(42)44)51(35-18-6-2-7-19-35)36-20-8-3-9-21-36/h1-33H. The van der Waals surface area contributed by atoms with Crippen LogP contribution in [0.5, 0.6) is 0 Å². The number of anilines is 3. The number of benzene rings is 9. The van der Waals surface area contributed by atoms with Gasteiger partial charge in [-0.15, -0.1) is 0 Å². The van der Waals surface area contributed by atoms with Crippen LogP contribution in [0.15, 0.2) is 205 Å². The van der Waals surface area contributed by atoms with Crippen molar-refractivity contribution < 1.29 is 4.42 Å². The predicted octanol–water partition coefficient (Wildman–Crippen LogP) is 14.4. The van der Waals surface area contributed by atoms with E-state index < -0.39 is 0 Å². The Morgan fingerprint density at radius 1 is 0.269 bits per heavy atom. The zero-order valence-corrected chi connectivity index (χ0v) is 28.4. The van der Waals surface area contributed by atoms with E-state index in [4.69, 9.17) is 4.42 Å². The third-order valence-corrected chi connectivity index (χ3v) is 10.3. The Labute approximate surface area is 302 Å². The van der Waals surface area contributed by atoms with Crippen molar-refractivity contribution in [2.45, 2.75) is 0 Å². The normalized spacial score (nSPS) is 11.5. The van der Waals surface area contributed by atoms with E-state index in [-0.39, 0.29) is 0 Å². The molecule has 0 amide bonds. The summed E-state index contributed by atoms with van der Waals surface area (Å²) in [5.74, 6) is 0. The number of hydrogen-bond acceptors (Lipinski definition) is 2. The molecule has 10 rings (SSSR count). The number of para-hydroxylation sites is 4. The molecule has 0 aliphatic carbocycles. The van der Waals surface area contributed by atoms with Gasteiger partial charge in [-0.25, -0.2) is 0 Å². The first-order valence-corrected chi connectivity index (χ1v) is 17.8. The lowest BCUT2D eigenvalue weighted by Gasteiger charge is -2.27. The highest BCUT2D eigenvalue weighted by atomic mass is 16.3. The average molecular weight is 664 g/mol. The number of rotatable bonds is 6. The Bertz CT molecular complexity index is 2850. The molecule has 10 aromatic rings. The molecule has 0 atom stereocenters. The van der Waals surface area contributed by atoms with E-state index in [0.29, 0.717) is 0 Å². The summed E-state index contributed by atoms with van der Waals surface area (Å²) in [5, 5.41) is 7.07. The topological polar surface area (TPSA) is 16.4 Å². The maximum Gasteiger partial charge on any atom is 0.143 e. The summed E-state index contributed by atoms with van der Waals surface area (Å²) < 4.78 is 6.85. The van der Waals surface area contributed by atoms with Crippen LogP contribution in [-0.2, 0) is 0 Å². The molecule has 0 saturated heterocycles. The minimum absolute atomic E-state index is 0.913. The Morgan fingerprint density at radius 2 is 0.673 bits per heavy atom. The van der Waals surface area contributed by atoms with Crippen molar-refractivity contribution in [2.75, 3.05) is 4.90 Å². The molecule has 0 saturated carbocycles. The van der Waals surface area contributed by atoms with Gasteiger partial charge in [0, 0.05) is 38.7 Å². The molecule has 0 spiro atoms. The molecule has 2 heteroatoms.